The lowest BCUT2D eigenvalue weighted by Crippen LogP contribution is -2.49. The number of carbonyl (C=O) groups excluding carboxylic acids is 3. The van der Waals surface area contributed by atoms with Gasteiger partial charge in [0.2, 0.25) is 5.91 Å². The topological polar surface area (TPSA) is 118 Å². The van der Waals surface area contributed by atoms with E-state index in [2.05, 4.69) is 15.4 Å². The molecular formula is C29H28Cl2N8O3. The van der Waals surface area contributed by atoms with Crippen molar-refractivity contribution in [2.24, 2.45) is 0 Å². The van der Waals surface area contributed by atoms with Crippen LogP contribution in [0.3, 0.4) is 0 Å². The summed E-state index contributed by atoms with van der Waals surface area (Å²) in [5, 5.41) is 12.3. The second-order valence-corrected chi connectivity index (χ2v) is 11.3. The minimum absolute atomic E-state index is 0.152. The molecule has 0 unspecified atom stereocenters. The van der Waals surface area contributed by atoms with Gasteiger partial charge in [0.05, 0.1) is 40.6 Å². The summed E-state index contributed by atoms with van der Waals surface area (Å²) in [7, 11) is 1.57. The van der Waals surface area contributed by atoms with Gasteiger partial charge in [-0.1, -0.05) is 35.3 Å². The van der Waals surface area contributed by atoms with E-state index in [1.807, 2.05) is 38.1 Å². The maximum atomic E-state index is 14.2. The first-order valence-corrected chi connectivity index (χ1v) is 14.3. The van der Waals surface area contributed by atoms with E-state index in [4.69, 9.17) is 28.3 Å². The number of carbonyl (C=O) groups is 3. The Morgan fingerprint density at radius 1 is 1.10 bits per heavy atom. The average molecular weight is 608 g/mol. The van der Waals surface area contributed by atoms with Gasteiger partial charge in [-0.3, -0.25) is 14.4 Å². The first kappa shape index (κ1) is 27.9. The lowest BCUT2D eigenvalue weighted by Gasteiger charge is -2.38. The van der Waals surface area contributed by atoms with E-state index in [0.717, 1.165) is 11.3 Å². The van der Waals surface area contributed by atoms with Crippen LogP contribution in [0.5, 0.6) is 0 Å². The van der Waals surface area contributed by atoms with Gasteiger partial charge >= 0.3 is 0 Å². The molecule has 0 aliphatic carbocycles. The van der Waals surface area contributed by atoms with Gasteiger partial charge in [0.15, 0.2) is 0 Å². The van der Waals surface area contributed by atoms with E-state index in [0.29, 0.717) is 39.0 Å². The summed E-state index contributed by atoms with van der Waals surface area (Å²) in [5.74, 6) is -0.720. The zero-order valence-electron chi connectivity index (χ0n) is 23.2. The van der Waals surface area contributed by atoms with Crippen LogP contribution in [-0.2, 0) is 17.8 Å². The molecule has 0 saturated carbocycles. The van der Waals surface area contributed by atoms with Crippen molar-refractivity contribution in [3.05, 3.63) is 93.2 Å². The molecule has 11 nitrogen and oxygen atoms in total. The molecule has 216 valence electrons. The molecule has 2 aromatic carbocycles. The van der Waals surface area contributed by atoms with Crippen LogP contribution >= 0.6 is 23.2 Å². The maximum absolute atomic E-state index is 14.2. The van der Waals surface area contributed by atoms with Gasteiger partial charge in [-0.05, 0) is 49.7 Å². The van der Waals surface area contributed by atoms with Gasteiger partial charge in [-0.25, -0.2) is 14.3 Å². The molecule has 13 heteroatoms. The molecule has 2 aliphatic rings. The third-order valence-corrected chi connectivity index (χ3v) is 8.81. The lowest BCUT2D eigenvalue weighted by molar-refractivity contribution is -0.125. The summed E-state index contributed by atoms with van der Waals surface area (Å²) in [5.41, 5.74) is 3.83. The Hall–Kier alpha value is -4.22. The first-order chi connectivity index (χ1) is 20.2. The van der Waals surface area contributed by atoms with E-state index in [1.165, 1.54) is 6.33 Å². The van der Waals surface area contributed by atoms with Crippen molar-refractivity contribution in [1.29, 1.82) is 0 Å². The first-order valence-electron chi connectivity index (χ1n) is 13.5. The third kappa shape index (κ3) is 4.72. The number of nitrogens with one attached hydrogen (secondary N) is 1. The Bertz CT molecular complexity index is 1690. The predicted octanol–water partition coefficient (Wildman–Crippen LogP) is 3.86. The summed E-state index contributed by atoms with van der Waals surface area (Å²) in [6.07, 6.45) is 3.52. The van der Waals surface area contributed by atoms with E-state index in [-0.39, 0.29) is 42.9 Å². The molecule has 42 heavy (non-hydrogen) atoms. The number of rotatable bonds is 5. The van der Waals surface area contributed by atoms with Crippen LogP contribution in [0.4, 0.5) is 0 Å². The lowest BCUT2D eigenvalue weighted by atomic mass is 9.96. The highest BCUT2D eigenvalue weighted by atomic mass is 35.5. The molecule has 3 amide bonds. The molecule has 4 aromatic rings. The number of nitrogens with zero attached hydrogens (tertiary/aromatic N) is 7. The van der Waals surface area contributed by atoms with E-state index >= 15 is 0 Å². The van der Waals surface area contributed by atoms with Crippen molar-refractivity contribution in [3.8, 4) is 5.69 Å². The second kappa shape index (κ2) is 10.9. The number of likely N-dealkylation sites (N-methyl/N-ethyl adjacent to an activating group) is 1. The highest BCUT2D eigenvalue weighted by molar-refractivity contribution is 6.42. The van der Waals surface area contributed by atoms with Crippen molar-refractivity contribution in [2.75, 3.05) is 13.6 Å². The fourth-order valence-corrected chi connectivity index (χ4v) is 5.98. The zero-order valence-corrected chi connectivity index (χ0v) is 24.7. The van der Waals surface area contributed by atoms with Gasteiger partial charge in [-0.2, -0.15) is 10.2 Å². The molecule has 3 atom stereocenters. The minimum Gasteiger partial charge on any atom is -0.357 e. The SMILES string of the molecule is CNC(=O)[C@@H]1CN([C@H](C)c2ccc(-n3cncn3)cc2)C(=O)c2c3c(nn21)C[C@@H](C)N(C(=O)c1ccc(Cl)c(Cl)c1)C3. The normalized spacial score (nSPS) is 18.8. The summed E-state index contributed by atoms with van der Waals surface area (Å²) in [6.45, 7) is 4.20. The van der Waals surface area contributed by atoms with Crippen LogP contribution in [0.2, 0.25) is 10.0 Å². The Morgan fingerprint density at radius 2 is 1.86 bits per heavy atom. The van der Waals surface area contributed by atoms with E-state index in [1.54, 1.807) is 50.7 Å². The fraction of sp³-hybridized carbons (Fsp3) is 0.310. The molecule has 2 aliphatic heterocycles. The van der Waals surface area contributed by atoms with Gasteiger partial charge in [0.1, 0.15) is 24.4 Å². The maximum Gasteiger partial charge on any atom is 0.273 e. The van der Waals surface area contributed by atoms with Crippen LogP contribution in [0, 0.1) is 0 Å². The largest absolute Gasteiger partial charge is 0.357 e. The summed E-state index contributed by atoms with van der Waals surface area (Å²) >= 11 is 12.3. The standard InChI is InChI=1S/C29H28Cl2N8O3/c1-16-10-24-21(12-36(16)28(41)19-6-9-22(30)23(31)11-19)26-29(42)37(13-25(27(40)32-3)39(26)35-24)17(2)18-4-7-20(8-5-18)38-15-33-14-34-38/h4-9,11,14-17,25H,10,12-13H2,1-3H3,(H,32,40)/t16-,17-,25+/m1/s1. The number of benzene rings is 2. The summed E-state index contributed by atoms with van der Waals surface area (Å²) in [4.78, 5) is 48.2. The van der Waals surface area contributed by atoms with Crippen LogP contribution in [-0.4, -0.2) is 71.7 Å². The van der Waals surface area contributed by atoms with Crippen LogP contribution in [0.15, 0.2) is 55.1 Å². The summed E-state index contributed by atoms with van der Waals surface area (Å²) < 4.78 is 3.20. The third-order valence-electron chi connectivity index (χ3n) is 8.07. The molecule has 4 heterocycles. The van der Waals surface area contributed by atoms with Crippen molar-refractivity contribution in [3.63, 3.8) is 0 Å². The molecule has 1 N–H and O–H groups in total. The molecule has 0 fully saturated rings. The monoisotopic (exact) mass is 606 g/mol. The van der Waals surface area contributed by atoms with Gasteiger partial charge in [-0.15, -0.1) is 0 Å². The number of amides is 3. The Balaban J connectivity index is 1.35. The second-order valence-electron chi connectivity index (χ2n) is 10.5. The van der Waals surface area contributed by atoms with Crippen molar-refractivity contribution < 1.29 is 14.4 Å². The molecule has 0 saturated heterocycles. The Morgan fingerprint density at radius 3 is 2.52 bits per heavy atom. The van der Waals surface area contributed by atoms with Gasteiger partial charge in [0, 0.05) is 30.6 Å². The number of aromatic nitrogens is 5. The molecular weight excluding hydrogens is 579 g/mol. The zero-order chi connectivity index (χ0) is 29.7. The molecule has 0 bridgehead atoms. The smallest absolute Gasteiger partial charge is 0.273 e. The van der Waals surface area contributed by atoms with E-state index in [9.17, 15) is 14.4 Å². The Kier molecular flexibility index (Phi) is 7.24. The van der Waals surface area contributed by atoms with Gasteiger partial charge in [0.25, 0.3) is 11.8 Å². The number of fused-ring (bicyclic) bond motifs is 3. The highest BCUT2D eigenvalue weighted by Gasteiger charge is 2.43. The van der Waals surface area contributed by atoms with Gasteiger partial charge < -0.3 is 15.1 Å². The summed E-state index contributed by atoms with van der Waals surface area (Å²) in [6, 6.07) is 11.2. The fourth-order valence-electron chi connectivity index (χ4n) is 5.69. The number of halogens is 2. The van der Waals surface area contributed by atoms with Crippen LogP contribution in [0.1, 0.15) is 63.6 Å². The average Bonchev–Trinajstić information content (AvgIpc) is 3.66. The highest BCUT2D eigenvalue weighted by Crippen LogP contribution is 2.36. The minimum atomic E-state index is -0.722. The quantitative estimate of drug-likeness (QED) is 0.368. The van der Waals surface area contributed by atoms with Crippen molar-refractivity contribution in [2.45, 2.75) is 44.9 Å². The van der Waals surface area contributed by atoms with Crippen LogP contribution < -0.4 is 5.32 Å². The molecule has 2 aromatic heterocycles. The van der Waals surface area contributed by atoms with Crippen molar-refractivity contribution in [1.82, 2.24) is 39.7 Å². The Labute approximate surface area is 252 Å². The molecule has 0 spiro atoms. The number of hydrogen-bond donors (Lipinski definition) is 1. The molecule has 6 rings (SSSR count). The van der Waals surface area contributed by atoms with Crippen molar-refractivity contribution >= 4 is 40.9 Å². The van der Waals surface area contributed by atoms with Crippen LogP contribution in [0.25, 0.3) is 5.69 Å². The van der Waals surface area contributed by atoms with E-state index < -0.39 is 6.04 Å². The number of hydrogen-bond acceptors (Lipinski definition) is 6. The predicted molar refractivity (Wildman–Crippen MR) is 156 cm³/mol. The molecule has 0 radical (unpaired) electrons.